The van der Waals surface area contributed by atoms with Crippen molar-refractivity contribution in [1.82, 2.24) is 10.6 Å². The molecule has 2 amide bonds. The minimum absolute atomic E-state index is 0.125. The minimum Gasteiger partial charge on any atom is -0.481 e. The molecule has 1 unspecified atom stereocenters. The minimum atomic E-state index is -1.09. The maximum absolute atomic E-state index is 11.2. The van der Waals surface area contributed by atoms with Gasteiger partial charge in [0.25, 0.3) is 0 Å². The van der Waals surface area contributed by atoms with E-state index in [0.29, 0.717) is 18.1 Å². The van der Waals surface area contributed by atoms with Crippen molar-refractivity contribution in [3.63, 3.8) is 0 Å². The molecule has 0 aromatic rings. The summed E-state index contributed by atoms with van der Waals surface area (Å²) in [6.45, 7) is 0. The second-order valence-corrected chi connectivity index (χ2v) is 5.88. The number of aliphatic carboxylic acids is 1. The lowest BCUT2D eigenvalue weighted by molar-refractivity contribution is -0.138. The van der Waals surface area contributed by atoms with E-state index < -0.39 is 12.0 Å². The molecule has 0 saturated carbocycles. The molecule has 2 saturated heterocycles. The van der Waals surface area contributed by atoms with Crippen molar-refractivity contribution in [3.05, 3.63) is 10.4 Å². The number of carbonyl (C=O) groups excluding carboxylic acids is 1. The zero-order valence-electron chi connectivity index (χ0n) is 10.2. The van der Waals surface area contributed by atoms with E-state index in [0.717, 1.165) is 12.2 Å². The summed E-state index contributed by atoms with van der Waals surface area (Å²) >= 11 is 1.78. The highest BCUT2D eigenvalue weighted by molar-refractivity contribution is 8.00. The van der Waals surface area contributed by atoms with Crippen molar-refractivity contribution in [1.29, 1.82) is 0 Å². The Kier molecular flexibility index (Phi) is 4.39. The van der Waals surface area contributed by atoms with E-state index in [1.165, 1.54) is 0 Å². The molecule has 0 aromatic carbocycles. The number of carboxylic acids is 1. The maximum atomic E-state index is 11.2. The molecular weight excluding hydrogens is 270 g/mol. The van der Waals surface area contributed by atoms with Crippen LogP contribution in [-0.4, -0.2) is 46.2 Å². The molecule has 2 rings (SSSR count). The van der Waals surface area contributed by atoms with Gasteiger partial charge < -0.3 is 15.7 Å². The standard InChI is InChI=1S/C10H15N5O3S/c11-15-14-5(9(16)17)2-1-3-7-8-6(4-19-7)12-10(18)13-8/h5-8H,1-4H2,(H,16,17)(H2,12,13,18)/t5?,6-,7-,8-/m0/s1. The summed E-state index contributed by atoms with van der Waals surface area (Å²) in [5, 5.41) is 18.1. The number of amides is 2. The van der Waals surface area contributed by atoms with Gasteiger partial charge in [-0.15, -0.1) is 0 Å². The van der Waals surface area contributed by atoms with Crippen LogP contribution in [-0.2, 0) is 4.79 Å². The van der Waals surface area contributed by atoms with Gasteiger partial charge in [-0.05, 0) is 18.4 Å². The van der Waals surface area contributed by atoms with Gasteiger partial charge in [-0.1, -0.05) is 11.5 Å². The fourth-order valence-electron chi connectivity index (χ4n) is 2.45. The van der Waals surface area contributed by atoms with Gasteiger partial charge in [0.1, 0.15) is 6.04 Å². The van der Waals surface area contributed by atoms with Gasteiger partial charge >= 0.3 is 12.0 Å². The molecule has 8 nitrogen and oxygen atoms in total. The van der Waals surface area contributed by atoms with Crippen molar-refractivity contribution in [3.8, 4) is 0 Å². The van der Waals surface area contributed by atoms with E-state index in [-0.39, 0.29) is 18.1 Å². The molecule has 2 aliphatic heterocycles. The molecule has 104 valence electrons. The Hall–Kier alpha value is -1.60. The molecule has 2 aliphatic rings. The number of thioether (sulfide) groups is 1. The molecule has 4 atom stereocenters. The quantitative estimate of drug-likeness (QED) is 0.292. The summed E-state index contributed by atoms with van der Waals surface area (Å²) < 4.78 is 0. The Bertz CT molecular complexity index is 423. The maximum Gasteiger partial charge on any atom is 0.315 e. The van der Waals surface area contributed by atoms with Gasteiger partial charge in [0.2, 0.25) is 0 Å². The number of fused-ring (bicyclic) bond motifs is 1. The molecule has 0 bridgehead atoms. The van der Waals surface area contributed by atoms with Crippen LogP contribution in [0.3, 0.4) is 0 Å². The normalized spacial score (nSPS) is 29.9. The number of carboxylic acid groups (broad SMARTS) is 1. The first-order valence-electron chi connectivity index (χ1n) is 6.07. The predicted octanol–water partition coefficient (Wildman–Crippen LogP) is 1.09. The summed E-state index contributed by atoms with van der Waals surface area (Å²) in [4.78, 5) is 24.5. The number of rotatable bonds is 6. The molecule has 9 heteroatoms. The van der Waals surface area contributed by atoms with Gasteiger partial charge in [0.15, 0.2) is 0 Å². The average Bonchev–Trinajstić information content (AvgIpc) is 2.88. The van der Waals surface area contributed by atoms with Crippen LogP contribution in [0.5, 0.6) is 0 Å². The Morgan fingerprint density at radius 1 is 1.63 bits per heavy atom. The van der Waals surface area contributed by atoms with E-state index in [4.69, 9.17) is 10.6 Å². The third kappa shape index (κ3) is 3.24. The number of azide groups is 1. The van der Waals surface area contributed by atoms with Gasteiger partial charge in [-0.2, -0.15) is 11.8 Å². The summed E-state index contributed by atoms with van der Waals surface area (Å²) in [6.07, 6.45) is 1.79. The Morgan fingerprint density at radius 3 is 3.11 bits per heavy atom. The largest absolute Gasteiger partial charge is 0.481 e. The Morgan fingerprint density at radius 2 is 2.42 bits per heavy atom. The summed E-state index contributed by atoms with van der Waals surface area (Å²) in [5.74, 6) is -0.210. The lowest BCUT2D eigenvalue weighted by atomic mass is 10.0. The number of hydrogen-bond donors (Lipinski definition) is 3. The zero-order valence-corrected chi connectivity index (χ0v) is 11.0. The molecular formula is C10H15N5O3S. The average molecular weight is 285 g/mol. The lowest BCUT2D eigenvalue weighted by Crippen LogP contribution is -2.36. The Balaban J connectivity index is 1.78. The fraction of sp³-hybridized carbons (Fsp3) is 0.800. The topological polar surface area (TPSA) is 127 Å². The third-order valence-electron chi connectivity index (χ3n) is 3.38. The molecule has 0 aliphatic carbocycles. The van der Waals surface area contributed by atoms with E-state index in [1.807, 2.05) is 0 Å². The van der Waals surface area contributed by atoms with E-state index in [1.54, 1.807) is 11.8 Å². The fourth-order valence-corrected chi connectivity index (χ4v) is 3.99. The number of carbonyl (C=O) groups is 2. The van der Waals surface area contributed by atoms with Gasteiger partial charge in [0, 0.05) is 15.9 Å². The van der Waals surface area contributed by atoms with Crippen LogP contribution >= 0.6 is 11.8 Å². The van der Waals surface area contributed by atoms with Crippen LogP contribution in [0.15, 0.2) is 5.11 Å². The van der Waals surface area contributed by atoms with E-state index >= 15 is 0 Å². The van der Waals surface area contributed by atoms with E-state index in [2.05, 4.69) is 20.7 Å². The van der Waals surface area contributed by atoms with E-state index in [9.17, 15) is 9.59 Å². The van der Waals surface area contributed by atoms with Crippen LogP contribution in [0, 0.1) is 0 Å². The number of nitrogens with zero attached hydrogens (tertiary/aromatic N) is 3. The number of urea groups is 1. The van der Waals surface area contributed by atoms with Crippen molar-refractivity contribution >= 4 is 23.8 Å². The van der Waals surface area contributed by atoms with Crippen LogP contribution in [0.2, 0.25) is 0 Å². The first-order chi connectivity index (χ1) is 9.11. The number of nitrogens with one attached hydrogen (secondary N) is 2. The predicted molar refractivity (Wildman–Crippen MR) is 69.9 cm³/mol. The van der Waals surface area contributed by atoms with Crippen molar-refractivity contribution in [2.45, 2.75) is 42.6 Å². The third-order valence-corrected chi connectivity index (χ3v) is 4.89. The number of hydrogen-bond acceptors (Lipinski definition) is 4. The molecule has 0 radical (unpaired) electrons. The van der Waals surface area contributed by atoms with Gasteiger partial charge in [-0.25, -0.2) is 4.79 Å². The smallest absolute Gasteiger partial charge is 0.315 e. The Labute approximate surface area is 113 Å². The second kappa shape index (κ2) is 6.03. The van der Waals surface area contributed by atoms with Gasteiger partial charge in [0.05, 0.1) is 12.1 Å². The first kappa shape index (κ1) is 13.8. The first-order valence-corrected chi connectivity index (χ1v) is 7.12. The highest BCUT2D eigenvalue weighted by Gasteiger charge is 2.42. The van der Waals surface area contributed by atoms with Crippen molar-refractivity contribution < 1.29 is 14.7 Å². The molecule has 2 fully saturated rings. The SMILES string of the molecule is [N-]=[N+]=NC(CCC[C@@H]1SC[C@@H]2NC(=O)N[C@@H]21)C(=O)O. The highest BCUT2D eigenvalue weighted by Crippen LogP contribution is 2.33. The lowest BCUT2D eigenvalue weighted by Gasteiger charge is -2.16. The van der Waals surface area contributed by atoms with Gasteiger partial charge in [-0.3, -0.25) is 4.79 Å². The van der Waals surface area contributed by atoms with Crippen molar-refractivity contribution in [2.24, 2.45) is 5.11 Å². The molecule has 0 aromatic heterocycles. The summed E-state index contributed by atoms with van der Waals surface area (Å²) in [6, 6.07) is -0.823. The van der Waals surface area contributed by atoms with Crippen LogP contribution in [0.4, 0.5) is 4.79 Å². The highest BCUT2D eigenvalue weighted by atomic mass is 32.2. The molecule has 3 N–H and O–H groups in total. The van der Waals surface area contributed by atoms with Crippen LogP contribution in [0.25, 0.3) is 10.4 Å². The molecule has 19 heavy (non-hydrogen) atoms. The van der Waals surface area contributed by atoms with Crippen molar-refractivity contribution in [2.75, 3.05) is 5.75 Å². The summed E-state index contributed by atoms with van der Waals surface area (Å²) in [5.41, 5.74) is 8.28. The zero-order chi connectivity index (χ0) is 13.8. The monoisotopic (exact) mass is 285 g/mol. The van der Waals surface area contributed by atoms with Crippen LogP contribution in [0.1, 0.15) is 19.3 Å². The summed E-state index contributed by atoms with van der Waals surface area (Å²) in [7, 11) is 0. The molecule has 2 heterocycles. The molecule has 0 spiro atoms. The second-order valence-electron chi connectivity index (χ2n) is 4.61. The van der Waals surface area contributed by atoms with Crippen LogP contribution < -0.4 is 10.6 Å².